The van der Waals surface area contributed by atoms with Gasteiger partial charge < -0.3 is 4.42 Å². The van der Waals surface area contributed by atoms with Crippen molar-refractivity contribution in [2.45, 2.75) is 6.92 Å². The minimum absolute atomic E-state index is 0.210. The molecule has 0 aliphatic heterocycles. The normalized spacial score (nSPS) is 10.4. The van der Waals surface area contributed by atoms with E-state index in [1.165, 1.54) is 11.8 Å². The van der Waals surface area contributed by atoms with E-state index in [0.29, 0.717) is 5.82 Å². The van der Waals surface area contributed by atoms with Crippen molar-refractivity contribution in [3.63, 3.8) is 0 Å². The van der Waals surface area contributed by atoms with Crippen LogP contribution in [0.3, 0.4) is 0 Å². The molecule has 3 rings (SSSR count). The summed E-state index contributed by atoms with van der Waals surface area (Å²) in [5.74, 6) is 0.637. The van der Waals surface area contributed by atoms with E-state index in [0.717, 1.165) is 5.56 Å². The molecule has 1 aromatic carbocycles. The van der Waals surface area contributed by atoms with Gasteiger partial charge in [-0.25, -0.2) is 0 Å². The molecule has 0 aliphatic rings. The summed E-state index contributed by atoms with van der Waals surface area (Å²) in [6.07, 6.45) is 1.44. The van der Waals surface area contributed by atoms with Gasteiger partial charge in [-0.15, -0.1) is 5.10 Å². The van der Waals surface area contributed by atoms with Crippen molar-refractivity contribution in [2.75, 3.05) is 5.32 Å². The van der Waals surface area contributed by atoms with E-state index in [1.54, 1.807) is 12.1 Å². The summed E-state index contributed by atoms with van der Waals surface area (Å²) in [5, 5.41) is 9.30. The molecule has 0 bridgehead atoms. The SMILES string of the molecule is Cc1ccc(-c2nc(NC(=O)c3ccco3)n[nH]2)cc1. The fourth-order valence-electron chi connectivity index (χ4n) is 1.73. The van der Waals surface area contributed by atoms with E-state index in [4.69, 9.17) is 4.42 Å². The number of furan rings is 1. The molecule has 2 N–H and O–H groups in total. The number of hydrogen-bond acceptors (Lipinski definition) is 4. The highest BCUT2D eigenvalue weighted by atomic mass is 16.3. The van der Waals surface area contributed by atoms with Crippen LogP contribution in [0.5, 0.6) is 0 Å². The number of anilines is 1. The van der Waals surface area contributed by atoms with Crippen molar-refractivity contribution in [1.29, 1.82) is 0 Å². The second-order valence-corrected chi connectivity index (χ2v) is 4.31. The molecule has 0 atom stereocenters. The van der Waals surface area contributed by atoms with Gasteiger partial charge in [-0.2, -0.15) is 4.98 Å². The van der Waals surface area contributed by atoms with Crippen LogP contribution in [-0.4, -0.2) is 21.1 Å². The Bertz CT molecular complexity index is 714. The Hall–Kier alpha value is -2.89. The first-order valence-electron chi connectivity index (χ1n) is 6.07. The Balaban J connectivity index is 1.77. The van der Waals surface area contributed by atoms with Gasteiger partial charge in [0, 0.05) is 5.56 Å². The minimum atomic E-state index is -0.385. The first-order valence-corrected chi connectivity index (χ1v) is 6.07. The number of H-pyrrole nitrogens is 1. The molecule has 0 fully saturated rings. The van der Waals surface area contributed by atoms with Crippen LogP contribution >= 0.6 is 0 Å². The summed E-state index contributed by atoms with van der Waals surface area (Å²) in [6, 6.07) is 11.1. The highest BCUT2D eigenvalue weighted by Crippen LogP contribution is 2.16. The van der Waals surface area contributed by atoms with Gasteiger partial charge in [0.1, 0.15) is 0 Å². The Morgan fingerprint density at radius 2 is 2.05 bits per heavy atom. The van der Waals surface area contributed by atoms with Crippen molar-refractivity contribution in [1.82, 2.24) is 15.2 Å². The summed E-state index contributed by atoms with van der Waals surface area (Å²) in [6.45, 7) is 2.01. The van der Waals surface area contributed by atoms with Gasteiger partial charge in [0.15, 0.2) is 11.6 Å². The third-order valence-electron chi connectivity index (χ3n) is 2.78. The molecule has 100 valence electrons. The van der Waals surface area contributed by atoms with Gasteiger partial charge in [-0.1, -0.05) is 29.8 Å². The third kappa shape index (κ3) is 2.44. The smallest absolute Gasteiger partial charge is 0.293 e. The van der Waals surface area contributed by atoms with E-state index >= 15 is 0 Å². The number of nitrogens with zero attached hydrogens (tertiary/aromatic N) is 2. The van der Waals surface area contributed by atoms with Crippen molar-refractivity contribution in [2.24, 2.45) is 0 Å². The van der Waals surface area contributed by atoms with Crippen molar-refractivity contribution in [3.05, 3.63) is 54.0 Å². The summed E-state index contributed by atoms with van der Waals surface area (Å²) in [5.41, 5.74) is 2.07. The van der Waals surface area contributed by atoms with E-state index in [1.807, 2.05) is 31.2 Å². The van der Waals surface area contributed by atoms with Gasteiger partial charge in [0.25, 0.3) is 5.91 Å². The minimum Gasteiger partial charge on any atom is -0.459 e. The van der Waals surface area contributed by atoms with Crippen LogP contribution in [0, 0.1) is 6.92 Å². The van der Waals surface area contributed by atoms with Crippen LogP contribution in [0.2, 0.25) is 0 Å². The van der Waals surface area contributed by atoms with E-state index < -0.39 is 0 Å². The molecule has 0 saturated heterocycles. The standard InChI is InChI=1S/C14H12N4O2/c1-9-4-6-10(7-5-9)12-15-14(18-17-12)16-13(19)11-3-2-8-20-11/h2-8H,1H3,(H2,15,16,17,18,19). The maximum atomic E-state index is 11.8. The second kappa shape index (κ2) is 5.00. The predicted molar refractivity (Wildman–Crippen MR) is 73.2 cm³/mol. The Morgan fingerprint density at radius 1 is 1.25 bits per heavy atom. The van der Waals surface area contributed by atoms with Crippen molar-refractivity contribution >= 4 is 11.9 Å². The van der Waals surface area contributed by atoms with Gasteiger partial charge in [0.05, 0.1) is 6.26 Å². The molecule has 2 heterocycles. The number of hydrogen-bond donors (Lipinski definition) is 2. The lowest BCUT2D eigenvalue weighted by molar-refractivity contribution is 0.0996. The van der Waals surface area contributed by atoms with Crippen molar-refractivity contribution in [3.8, 4) is 11.4 Å². The number of aromatic nitrogens is 3. The highest BCUT2D eigenvalue weighted by molar-refractivity contribution is 6.01. The number of amides is 1. The third-order valence-corrected chi connectivity index (χ3v) is 2.78. The number of benzene rings is 1. The van der Waals surface area contributed by atoms with Gasteiger partial charge in [0.2, 0.25) is 5.95 Å². The molecule has 3 aromatic rings. The zero-order valence-corrected chi connectivity index (χ0v) is 10.8. The molecule has 6 nitrogen and oxygen atoms in total. The molecule has 1 amide bonds. The molecule has 6 heteroatoms. The quantitative estimate of drug-likeness (QED) is 0.764. The molecule has 0 radical (unpaired) electrons. The fraction of sp³-hybridized carbons (Fsp3) is 0.0714. The Kier molecular flexibility index (Phi) is 3.04. The molecule has 2 aromatic heterocycles. The fourth-order valence-corrected chi connectivity index (χ4v) is 1.73. The number of carbonyl (C=O) groups is 1. The zero-order chi connectivity index (χ0) is 13.9. The largest absolute Gasteiger partial charge is 0.459 e. The number of aromatic amines is 1. The lowest BCUT2D eigenvalue weighted by Gasteiger charge is -1.97. The summed E-state index contributed by atoms with van der Waals surface area (Å²) in [4.78, 5) is 16.0. The topological polar surface area (TPSA) is 83.8 Å². The average molecular weight is 268 g/mol. The highest BCUT2D eigenvalue weighted by Gasteiger charge is 2.12. The van der Waals surface area contributed by atoms with Crippen LogP contribution in [0.15, 0.2) is 47.1 Å². The Labute approximate surface area is 114 Å². The van der Waals surface area contributed by atoms with Crippen molar-refractivity contribution < 1.29 is 9.21 Å². The zero-order valence-electron chi connectivity index (χ0n) is 10.8. The van der Waals surface area contributed by atoms with E-state index in [2.05, 4.69) is 20.5 Å². The molecule has 0 spiro atoms. The first-order chi connectivity index (χ1) is 9.72. The number of rotatable bonds is 3. The molecular weight excluding hydrogens is 256 g/mol. The molecule has 0 saturated carbocycles. The first kappa shape index (κ1) is 12.2. The van der Waals surface area contributed by atoms with Crippen LogP contribution in [0.1, 0.15) is 16.1 Å². The number of aryl methyl sites for hydroxylation is 1. The number of carbonyl (C=O) groups excluding carboxylic acids is 1. The monoisotopic (exact) mass is 268 g/mol. The second-order valence-electron chi connectivity index (χ2n) is 4.31. The van der Waals surface area contributed by atoms with Gasteiger partial charge >= 0.3 is 0 Å². The van der Waals surface area contributed by atoms with E-state index in [-0.39, 0.29) is 17.6 Å². The molecule has 0 aliphatic carbocycles. The maximum absolute atomic E-state index is 11.8. The van der Waals surface area contributed by atoms with Crippen LogP contribution in [0.4, 0.5) is 5.95 Å². The lowest BCUT2D eigenvalue weighted by atomic mass is 10.1. The maximum Gasteiger partial charge on any atom is 0.293 e. The molecule has 0 unspecified atom stereocenters. The Morgan fingerprint density at radius 3 is 2.75 bits per heavy atom. The molecular formula is C14H12N4O2. The van der Waals surface area contributed by atoms with Gasteiger partial charge in [-0.05, 0) is 19.1 Å². The van der Waals surface area contributed by atoms with E-state index in [9.17, 15) is 4.79 Å². The molecule has 20 heavy (non-hydrogen) atoms. The average Bonchev–Trinajstić information content (AvgIpc) is 3.10. The van der Waals surface area contributed by atoms with Crippen LogP contribution in [0.25, 0.3) is 11.4 Å². The summed E-state index contributed by atoms with van der Waals surface area (Å²) >= 11 is 0. The van der Waals surface area contributed by atoms with Crippen LogP contribution < -0.4 is 5.32 Å². The van der Waals surface area contributed by atoms with Gasteiger partial charge in [-0.3, -0.25) is 15.2 Å². The predicted octanol–water partition coefficient (Wildman–Crippen LogP) is 2.63. The van der Waals surface area contributed by atoms with Crippen LogP contribution in [-0.2, 0) is 0 Å². The lowest BCUT2D eigenvalue weighted by Crippen LogP contribution is -2.11. The number of nitrogens with one attached hydrogen (secondary N) is 2. The summed E-state index contributed by atoms with van der Waals surface area (Å²) in [7, 11) is 0. The summed E-state index contributed by atoms with van der Waals surface area (Å²) < 4.78 is 4.99.